The minimum atomic E-state index is -0.502. The van der Waals surface area contributed by atoms with E-state index in [-0.39, 0.29) is 11.8 Å². The second-order valence-corrected chi connectivity index (χ2v) is 7.14. The third-order valence-corrected chi connectivity index (χ3v) is 3.14. The number of hydrogen-bond acceptors (Lipinski definition) is 3. The van der Waals surface area contributed by atoms with Crippen LogP contribution in [-0.2, 0) is 14.3 Å². The van der Waals surface area contributed by atoms with Crippen molar-refractivity contribution >= 4 is 23.2 Å². The summed E-state index contributed by atoms with van der Waals surface area (Å²) in [5.74, 6) is 0.151. The van der Waals surface area contributed by atoms with Crippen LogP contribution in [0.1, 0.15) is 41.5 Å². The first-order valence-corrected chi connectivity index (χ1v) is 7.93. The van der Waals surface area contributed by atoms with Crippen LogP contribution in [0, 0.1) is 11.3 Å². The maximum atomic E-state index is 12.0. The highest BCUT2D eigenvalue weighted by atomic mass is 16.5. The summed E-state index contributed by atoms with van der Waals surface area (Å²) in [6, 6.07) is 7.04. The fourth-order valence-electron chi connectivity index (χ4n) is 1.61. The summed E-state index contributed by atoms with van der Waals surface area (Å²) in [7, 11) is 0. The van der Waals surface area contributed by atoms with Gasteiger partial charge in [0.05, 0.1) is 0 Å². The molecule has 0 heterocycles. The molecule has 2 N–H and O–H groups in total. The van der Waals surface area contributed by atoms with Crippen molar-refractivity contribution in [3.8, 4) is 0 Å². The Labute approximate surface area is 138 Å². The molecule has 1 aromatic rings. The van der Waals surface area contributed by atoms with Crippen LogP contribution in [0.25, 0.3) is 0 Å². The van der Waals surface area contributed by atoms with Gasteiger partial charge in [-0.2, -0.15) is 0 Å². The van der Waals surface area contributed by atoms with E-state index in [4.69, 9.17) is 4.74 Å². The van der Waals surface area contributed by atoms with E-state index in [9.17, 15) is 9.59 Å². The summed E-state index contributed by atoms with van der Waals surface area (Å²) in [6.07, 6.45) is -0.502. The lowest BCUT2D eigenvalue weighted by atomic mass is 9.95. The fourth-order valence-corrected chi connectivity index (χ4v) is 1.61. The van der Waals surface area contributed by atoms with E-state index in [1.807, 2.05) is 34.6 Å². The van der Waals surface area contributed by atoms with Crippen molar-refractivity contribution in [1.82, 2.24) is 0 Å². The zero-order valence-electron chi connectivity index (χ0n) is 14.9. The summed E-state index contributed by atoms with van der Waals surface area (Å²) in [4.78, 5) is 23.9. The van der Waals surface area contributed by atoms with Crippen molar-refractivity contribution in [2.75, 3.05) is 17.2 Å². The summed E-state index contributed by atoms with van der Waals surface area (Å²) in [5.41, 5.74) is 0.923. The van der Waals surface area contributed by atoms with Crippen molar-refractivity contribution in [2.45, 2.75) is 47.6 Å². The van der Waals surface area contributed by atoms with Crippen LogP contribution < -0.4 is 10.6 Å². The molecule has 0 aliphatic heterocycles. The van der Waals surface area contributed by atoms with Crippen LogP contribution in [0.5, 0.6) is 0 Å². The van der Waals surface area contributed by atoms with E-state index in [1.165, 1.54) is 0 Å². The Hall–Kier alpha value is -1.88. The monoisotopic (exact) mass is 320 g/mol. The molecule has 0 saturated carbocycles. The summed E-state index contributed by atoms with van der Waals surface area (Å²) < 4.78 is 5.48. The molecule has 2 amide bonds. The molecule has 23 heavy (non-hydrogen) atoms. The highest BCUT2D eigenvalue weighted by Crippen LogP contribution is 2.19. The molecule has 1 aromatic carbocycles. The van der Waals surface area contributed by atoms with Crippen molar-refractivity contribution in [2.24, 2.45) is 11.3 Å². The van der Waals surface area contributed by atoms with Gasteiger partial charge in [0.2, 0.25) is 5.91 Å². The summed E-state index contributed by atoms with van der Waals surface area (Å²) in [6.45, 7) is 11.9. The Morgan fingerprint density at radius 2 is 1.48 bits per heavy atom. The lowest BCUT2D eigenvalue weighted by Crippen LogP contribution is -2.29. The average molecular weight is 320 g/mol. The zero-order valence-corrected chi connectivity index (χ0v) is 14.9. The molecule has 1 atom stereocenters. The van der Waals surface area contributed by atoms with E-state index < -0.39 is 11.5 Å². The van der Waals surface area contributed by atoms with Gasteiger partial charge in [-0.3, -0.25) is 9.59 Å². The Morgan fingerprint density at radius 3 is 1.91 bits per heavy atom. The van der Waals surface area contributed by atoms with Crippen LogP contribution in [0.3, 0.4) is 0 Å². The van der Waals surface area contributed by atoms with Gasteiger partial charge in [0, 0.05) is 23.4 Å². The van der Waals surface area contributed by atoms with Crippen LogP contribution in [0.4, 0.5) is 11.4 Å². The maximum absolute atomic E-state index is 12.0. The Balaban J connectivity index is 2.57. The van der Waals surface area contributed by atoms with Gasteiger partial charge < -0.3 is 15.4 Å². The van der Waals surface area contributed by atoms with Crippen molar-refractivity contribution in [3.05, 3.63) is 24.3 Å². The Morgan fingerprint density at radius 1 is 1.00 bits per heavy atom. The van der Waals surface area contributed by atoms with Gasteiger partial charge in [-0.1, -0.05) is 34.6 Å². The lowest BCUT2D eigenvalue weighted by molar-refractivity contribution is -0.127. The number of ether oxygens (including phenoxy) is 1. The first-order chi connectivity index (χ1) is 10.6. The topological polar surface area (TPSA) is 67.4 Å². The van der Waals surface area contributed by atoms with E-state index >= 15 is 0 Å². The van der Waals surface area contributed by atoms with E-state index in [1.54, 1.807) is 31.2 Å². The second kappa shape index (κ2) is 8.11. The van der Waals surface area contributed by atoms with Crippen molar-refractivity contribution in [3.63, 3.8) is 0 Å². The third kappa shape index (κ3) is 6.82. The molecule has 0 bridgehead atoms. The molecule has 1 unspecified atom stereocenters. The van der Waals surface area contributed by atoms with Crippen LogP contribution >= 0.6 is 0 Å². The first-order valence-electron chi connectivity index (χ1n) is 7.93. The number of carbonyl (C=O) groups is 2. The van der Waals surface area contributed by atoms with Gasteiger partial charge in [0.25, 0.3) is 5.91 Å². The smallest absolute Gasteiger partial charge is 0.253 e. The fraction of sp³-hybridized carbons (Fsp3) is 0.556. The minimum absolute atomic E-state index is 0.0509. The molecule has 0 aromatic heterocycles. The molecule has 5 nitrogen and oxygen atoms in total. The van der Waals surface area contributed by atoms with Gasteiger partial charge in [0.15, 0.2) is 0 Å². The predicted molar refractivity (Wildman–Crippen MR) is 93.4 cm³/mol. The van der Waals surface area contributed by atoms with Crippen molar-refractivity contribution < 1.29 is 14.3 Å². The number of amides is 2. The molecule has 0 spiro atoms. The Bertz CT molecular complexity index is 530. The van der Waals surface area contributed by atoms with Crippen molar-refractivity contribution in [1.29, 1.82) is 0 Å². The molecular weight excluding hydrogens is 292 g/mol. The standard InChI is InChI=1S/C18H28N2O3/c1-12(2)11-23-13(3)16(21)19-14-7-9-15(10-8-14)20-17(22)18(4,5)6/h7-10,12-13H,11H2,1-6H3,(H,19,21)(H,20,22). The SMILES string of the molecule is CC(C)COC(C)C(=O)Nc1ccc(NC(=O)C(C)(C)C)cc1. The number of anilines is 2. The molecule has 0 radical (unpaired) electrons. The number of hydrogen-bond donors (Lipinski definition) is 2. The third-order valence-electron chi connectivity index (χ3n) is 3.14. The largest absolute Gasteiger partial charge is 0.368 e. The maximum Gasteiger partial charge on any atom is 0.253 e. The minimum Gasteiger partial charge on any atom is -0.368 e. The van der Waals surface area contributed by atoms with Crippen LogP contribution in [-0.4, -0.2) is 24.5 Å². The first kappa shape index (κ1) is 19.2. The average Bonchev–Trinajstić information content (AvgIpc) is 2.45. The van der Waals surface area contributed by atoms with Crippen LogP contribution in [0.2, 0.25) is 0 Å². The molecule has 0 saturated heterocycles. The second-order valence-electron chi connectivity index (χ2n) is 7.14. The van der Waals surface area contributed by atoms with Gasteiger partial charge in [-0.15, -0.1) is 0 Å². The Kier molecular flexibility index (Phi) is 6.76. The number of carbonyl (C=O) groups excluding carboxylic acids is 2. The molecular formula is C18H28N2O3. The van der Waals surface area contributed by atoms with Gasteiger partial charge in [0.1, 0.15) is 6.10 Å². The predicted octanol–water partition coefficient (Wildman–Crippen LogP) is 3.67. The molecule has 0 aliphatic carbocycles. The van der Waals surface area contributed by atoms with Gasteiger partial charge in [-0.05, 0) is 37.1 Å². The van der Waals surface area contributed by atoms with E-state index in [0.29, 0.717) is 23.9 Å². The summed E-state index contributed by atoms with van der Waals surface area (Å²) >= 11 is 0. The molecule has 1 rings (SSSR count). The highest BCUT2D eigenvalue weighted by molar-refractivity contribution is 5.96. The molecule has 0 fully saturated rings. The quantitative estimate of drug-likeness (QED) is 0.840. The van der Waals surface area contributed by atoms with E-state index in [2.05, 4.69) is 10.6 Å². The normalized spacial score (nSPS) is 12.8. The zero-order chi connectivity index (χ0) is 17.6. The number of benzene rings is 1. The van der Waals surface area contributed by atoms with Gasteiger partial charge >= 0.3 is 0 Å². The summed E-state index contributed by atoms with van der Waals surface area (Å²) in [5, 5.41) is 5.64. The highest BCUT2D eigenvalue weighted by Gasteiger charge is 2.21. The molecule has 0 aliphatic rings. The number of nitrogens with one attached hydrogen (secondary N) is 2. The van der Waals surface area contributed by atoms with Gasteiger partial charge in [-0.25, -0.2) is 0 Å². The lowest BCUT2D eigenvalue weighted by Gasteiger charge is -2.18. The van der Waals surface area contributed by atoms with E-state index in [0.717, 1.165) is 0 Å². The molecule has 128 valence electrons. The van der Waals surface area contributed by atoms with Crippen LogP contribution in [0.15, 0.2) is 24.3 Å². The number of rotatable bonds is 6. The molecule has 5 heteroatoms.